The van der Waals surface area contributed by atoms with Gasteiger partial charge in [0, 0.05) is 32.3 Å². The van der Waals surface area contributed by atoms with Crippen LogP contribution in [-0.4, -0.2) is 37.2 Å². The van der Waals surface area contributed by atoms with E-state index in [-0.39, 0.29) is 0 Å². The van der Waals surface area contributed by atoms with E-state index < -0.39 is 0 Å². The van der Waals surface area contributed by atoms with E-state index in [9.17, 15) is 0 Å². The largest absolute Gasteiger partial charge is 0.381 e. The van der Waals surface area contributed by atoms with Crippen LogP contribution >= 0.6 is 0 Å². The molecule has 0 aliphatic carbocycles. The molecule has 2 rings (SSSR count). The first-order valence-corrected chi connectivity index (χ1v) is 6.07. The summed E-state index contributed by atoms with van der Waals surface area (Å²) >= 11 is 0. The number of ether oxygens (including phenoxy) is 1. The van der Waals surface area contributed by atoms with E-state index in [1.54, 1.807) is 0 Å². The third-order valence-electron chi connectivity index (χ3n) is 3.72. The van der Waals surface area contributed by atoms with Gasteiger partial charge >= 0.3 is 0 Å². The van der Waals surface area contributed by atoms with Gasteiger partial charge in [-0.2, -0.15) is 0 Å². The van der Waals surface area contributed by atoms with Crippen molar-refractivity contribution in [3.8, 4) is 0 Å². The van der Waals surface area contributed by atoms with Crippen molar-refractivity contribution < 1.29 is 4.74 Å². The van der Waals surface area contributed by atoms with Crippen LogP contribution in [0.2, 0.25) is 0 Å². The van der Waals surface area contributed by atoms with Gasteiger partial charge in [-0.3, -0.25) is 0 Å². The lowest BCUT2D eigenvalue weighted by atomic mass is 9.89. The first kappa shape index (κ1) is 10.4. The third kappa shape index (κ3) is 2.48. The Kier molecular flexibility index (Phi) is 3.45. The molecule has 2 nitrogen and oxygen atoms in total. The zero-order chi connectivity index (χ0) is 9.97. The average molecular weight is 197 g/mol. The molecule has 1 unspecified atom stereocenters. The molecule has 14 heavy (non-hydrogen) atoms. The fourth-order valence-electron chi connectivity index (χ4n) is 2.50. The summed E-state index contributed by atoms with van der Waals surface area (Å²) in [5.74, 6) is 1.86. The molecule has 2 aliphatic heterocycles. The first-order chi connectivity index (χ1) is 6.75. The highest BCUT2D eigenvalue weighted by Crippen LogP contribution is 2.27. The zero-order valence-electron chi connectivity index (χ0n) is 9.54. The van der Waals surface area contributed by atoms with E-state index in [2.05, 4.69) is 18.7 Å². The lowest BCUT2D eigenvalue weighted by molar-refractivity contribution is 0.0582. The zero-order valence-corrected chi connectivity index (χ0v) is 9.54. The van der Waals surface area contributed by atoms with Crippen LogP contribution in [0.5, 0.6) is 0 Å². The number of likely N-dealkylation sites (tertiary alicyclic amines) is 1. The van der Waals surface area contributed by atoms with Crippen molar-refractivity contribution in [2.24, 2.45) is 11.8 Å². The van der Waals surface area contributed by atoms with Crippen LogP contribution in [0, 0.1) is 11.8 Å². The Morgan fingerprint density at radius 2 is 1.93 bits per heavy atom. The quantitative estimate of drug-likeness (QED) is 0.684. The normalized spacial score (nSPS) is 29.8. The summed E-state index contributed by atoms with van der Waals surface area (Å²) in [4.78, 5) is 2.57. The second-order valence-corrected chi connectivity index (χ2v) is 5.22. The molecule has 0 bridgehead atoms. The minimum atomic E-state index is 0.751. The van der Waals surface area contributed by atoms with Gasteiger partial charge in [0.1, 0.15) is 0 Å². The highest BCUT2D eigenvalue weighted by Gasteiger charge is 2.28. The first-order valence-electron chi connectivity index (χ1n) is 6.07. The number of nitrogens with zero attached hydrogens (tertiary/aromatic N) is 1. The Morgan fingerprint density at radius 3 is 2.50 bits per heavy atom. The standard InChI is InChI=1S/C12H23NO/c1-10(2)13-7-12(8-13)4-3-11-5-6-14-9-11/h10-12H,3-9H2,1-2H3. The van der Waals surface area contributed by atoms with Crippen LogP contribution in [0.4, 0.5) is 0 Å². The Bertz CT molecular complexity index is 169. The van der Waals surface area contributed by atoms with Gasteiger partial charge in [-0.25, -0.2) is 0 Å². The maximum absolute atomic E-state index is 5.39. The van der Waals surface area contributed by atoms with Gasteiger partial charge in [0.2, 0.25) is 0 Å². The van der Waals surface area contributed by atoms with Crippen molar-refractivity contribution in [3.63, 3.8) is 0 Å². The molecule has 2 heterocycles. The molecule has 2 heteroatoms. The van der Waals surface area contributed by atoms with Crippen molar-refractivity contribution in [1.29, 1.82) is 0 Å². The summed E-state index contributed by atoms with van der Waals surface area (Å²) in [7, 11) is 0. The molecule has 0 N–H and O–H groups in total. The van der Waals surface area contributed by atoms with Gasteiger partial charge in [-0.1, -0.05) is 0 Å². The summed E-state index contributed by atoms with van der Waals surface area (Å²) in [6.07, 6.45) is 4.13. The fraction of sp³-hybridized carbons (Fsp3) is 1.00. The van der Waals surface area contributed by atoms with Gasteiger partial charge in [0.05, 0.1) is 0 Å². The van der Waals surface area contributed by atoms with Crippen LogP contribution in [0.1, 0.15) is 33.1 Å². The molecule has 0 aromatic rings. The van der Waals surface area contributed by atoms with Crippen molar-refractivity contribution in [1.82, 2.24) is 4.90 Å². The Labute approximate surface area is 87.6 Å². The molecule has 2 fully saturated rings. The molecule has 0 amide bonds. The molecular weight excluding hydrogens is 174 g/mol. The summed E-state index contributed by atoms with van der Waals surface area (Å²) in [5.41, 5.74) is 0. The van der Waals surface area contributed by atoms with E-state index in [1.807, 2.05) is 0 Å². The lowest BCUT2D eigenvalue weighted by Crippen LogP contribution is -2.50. The smallest absolute Gasteiger partial charge is 0.0495 e. The van der Waals surface area contributed by atoms with Crippen molar-refractivity contribution in [2.45, 2.75) is 39.2 Å². The van der Waals surface area contributed by atoms with Crippen molar-refractivity contribution in [3.05, 3.63) is 0 Å². The molecular formula is C12H23NO. The molecule has 1 atom stereocenters. The summed E-state index contributed by atoms with van der Waals surface area (Å²) in [5, 5.41) is 0. The predicted molar refractivity (Wildman–Crippen MR) is 58.4 cm³/mol. The summed E-state index contributed by atoms with van der Waals surface area (Å²) < 4.78 is 5.39. The number of hydrogen-bond acceptors (Lipinski definition) is 2. The van der Waals surface area contributed by atoms with Crippen LogP contribution in [-0.2, 0) is 4.74 Å². The Morgan fingerprint density at radius 1 is 1.21 bits per heavy atom. The molecule has 0 aromatic heterocycles. The van der Waals surface area contributed by atoms with Crippen LogP contribution < -0.4 is 0 Å². The number of hydrogen-bond donors (Lipinski definition) is 0. The molecule has 0 spiro atoms. The van der Waals surface area contributed by atoms with Gasteiger partial charge in [-0.15, -0.1) is 0 Å². The van der Waals surface area contributed by atoms with Gasteiger partial charge < -0.3 is 9.64 Å². The van der Waals surface area contributed by atoms with Gasteiger partial charge in [-0.05, 0) is 44.9 Å². The summed E-state index contributed by atoms with van der Waals surface area (Å²) in [6, 6.07) is 0.751. The topological polar surface area (TPSA) is 12.5 Å². The molecule has 0 aromatic carbocycles. The van der Waals surface area contributed by atoms with E-state index in [1.165, 1.54) is 32.4 Å². The summed E-state index contributed by atoms with van der Waals surface area (Å²) in [6.45, 7) is 9.30. The second-order valence-electron chi connectivity index (χ2n) is 5.22. The predicted octanol–water partition coefficient (Wildman–Crippen LogP) is 2.14. The van der Waals surface area contributed by atoms with E-state index in [0.29, 0.717) is 0 Å². The minimum absolute atomic E-state index is 0.751. The van der Waals surface area contributed by atoms with Crippen molar-refractivity contribution in [2.75, 3.05) is 26.3 Å². The fourth-order valence-corrected chi connectivity index (χ4v) is 2.50. The lowest BCUT2D eigenvalue weighted by Gasteiger charge is -2.42. The maximum atomic E-state index is 5.39. The maximum Gasteiger partial charge on any atom is 0.0495 e. The Balaban J connectivity index is 1.55. The Hall–Kier alpha value is -0.0800. The average Bonchev–Trinajstić information content (AvgIpc) is 2.52. The molecule has 0 radical (unpaired) electrons. The van der Waals surface area contributed by atoms with E-state index in [4.69, 9.17) is 4.74 Å². The molecule has 82 valence electrons. The van der Waals surface area contributed by atoms with Gasteiger partial charge in [0.25, 0.3) is 0 Å². The second kappa shape index (κ2) is 4.63. The molecule has 2 saturated heterocycles. The number of rotatable bonds is 4. The van der Waals surface area contributed by atoms with Crippen molar-refractivity contribution >= 4 is 0 Å². The monoisotopic (exact) mass is 197 g/mol. The van der Waals surface area contributed by atoms with Gasteiger partial charge in [0.15, 0.2) is 0 Å². The van der Waals surface area contributed by atoms with E-state index in [0.717, 1.165) is 31.1 Å². The minimum Gasteiger partial charge on any atom is -0.381 e. The molecule has 0 saturated carbocycles. The highest BCUT2D eigenvalue weighted by atomic mass is 16.5. The van der Waals surface area contributed by atoms with Crippen LogP contribution in [0.3, 0.4) is 0 Å². The van der Waals surface area contributed by atoms with Crippen LogP contribution in [0.15, 0.2) is 0 Å². The third-order valence-corrected chi connectivity index (χ3v) is 3.72. The molecule has 2 aliphatic rings. The van der Waals surface area contributed by atoms with Crippen LogP contribution in [0.25, 0.3) is 0 Å². The highest BCUT2D eigenvalue weighted by molar-refractivity contribution is 4.82. The SMILES string of the molecule is CC(C)N1CC(CCC2CCOC2)C1. The van der Waals surface area contributed by atoms with E-state index >= 15 is 0 Å².